The number of carbonyl (C=O) groups is 1. The lowest BCUT2D eigenvalue weighted by atomic mass is 10.1. The number of carbonyl (C=O) groups excluding carboxylic acids is 1. The highest BCUT2D eigenvalue weighted by molar-refractivity contribution is 5.93. The SMILES string of the molecule is O=C1OC(n2c[c]ccc2=O)c2ccccc21. The standard InChI is InChI=1S/C13H8NO3/c15-11-7-3-4-8-14(11)12-9-5-1-2-6-10(9)13(16)17-12/h1-3,5-8,12H. The summed E-state index contributed by atoms with van der Waals surface area (Å²) in [5.41, 5.74) is 0.991. The molecule has 1 aliphatic heterocycles. The second-order valence-electron chi connectivity index (χ2n) is 3.72. The van der Waals surface area contributed by atoms with Crippen molar-refractivity contribution in [2.75, 3.05) is 0 Å². The van der Waals surface area contributed by atoms with Gasteiger partial charge in [0.2, 0.25) is 6.23 Å². The first-order valence-corrected chi connectivity index (χ1v) is 5.15. The number of ether oxygens (including phenoxy) is 1. The molecular weight excluding hydrogens is 218 g/mol. The maximum absolute atomic E-state index is 11.7. The summed E-state index contributed by atoms with van der Waals surface area (Å²) in [6.07, 6.45) is 0.811. The van der Waals surface area contributed by atoms with E-state index in [4.69, 9.17) is 4.74 Å². The number of nitrogens with zero attached hydrogens (tertiary/aromatic N) is 1. The minimum absolute atomic E-state index is 0.224. The van der Waals surface area contributed by atoms with Crippen molar-refractivity contribution in [3.63, 3.8) is 0 Å². The molecule has 0 amide bonds. The highest BCUT2D eigenvalue weighted by atomic mass is 16.6. The van der Waals surface area contributed by atoms with E-state index in [1.54, 1.807) is 18.2 Å². The molecule has 3 rings (SSSR count). The lowest BCUT2D eigenvalue weighted by Gasteiger charge is -2.13. The average molecular weight is 226 g/mol. The van der Waals surface area contributed by atoms with Gasteiger partial charge in [-0.05, 0) is 18.2 Å². The summed E-state index contributed by atoms with van der Waals surface area (Å²) >= 11 is 0. The van der Waals surface area contributed by atoms with Gasteiger partial charge in [0.25, 0.3) is 5.56 Å². The Kier molecular flexibility index (Phi) is 2.08. The molecule has 17 heavy (non-hydrogen) atoms. The minimum Gasteiger partial charge on any atom is -0.433 e. The highest BCUT2D eigenvalue weighted by Crippen LogP contribution is 2.30. The Morgan fingerprint density at radius 1 is 1.18 bits per heavy atom. The predicted octanol–water partition coefficient (Wildman–Crippen LogP) is 1.37. The van der Waals surface area contributed by atoms with Crippen molar-refractivity contribution >= 4 is 5.97 Å². The van der Waals surface area contributed by atoms with Crippen LogP contribution in [-0.4, -0.2) is 10.5 Å². The first-order valence-electron chi connectivity index (χ1n) is 5.15. The van der Waals surface area contributed by atoms with Crippen LogP contribution < -0.4 is 5.56 Å². The van der Waals surface area contributed by atoms with E-state index in [0.29, 0.717) is 11.1 Å². The van der Waals surface area contributed by atoms with E-state index in [2.05, 4.69) is 6.07 Å². The third-order valence-corrected chi connectivity index (χ3v) is 2.71. The highest BCUT2D eigenvalue weighted by Gasteiger charge is 2.31. The largest absolute Gasteiger partial charge is 0.433 e. The number of fused-ring (bicyclic) bond motifs is 1. The van der Waals surface area contributed by atoms with Crippen molar-refractivity contribution in [3.8, 4) is 0 Å². The number of esters is 1. The van der Waals surface area contributed by atoms with Gasteiger partial charge in [0.15, 0.2) is 0 Å². The van der Waals surface area contributed by atoms with Crippen LogP contribution in [-0.2, 0) is 4.74 Å². The van der Waals surface area contributed by atoms with E-state index in [-0.39, 0.29) is 5.56 Å². The molecule has 0 aliphatic carbocycles. The van der Waals surface area contributed by atoms with Crippen molar-refractivity contribution < 1.29 is 9.53 Å². The summed E-state index contributed by atoms with van der Waals surface area (Å²) < 4.78 is 6.55. The van der Waals surface area contributed by atoms with Gasteiger partial charge in [-0.1, -0.05) is 18.2 Å². The van der Waals surface area contributed by atoms with Crippen molar-refractivity contribution in [2.45, 2.75) is 6.23 Å². The van der Waals surface area contributed by atoms with Crippen molar-refractivity contribution in [3.05, 3.63) is 70.1 Å². The molecule has 1 aliphatic rings. The molecule has 2 heterocycles. The average Bonchev–Trinajstić information content (AvgIpc) is 2.68. The molecule has 83 valence electrons. The van der Waals surface area contributed by atoms with E-state index in [1.807, 2.05) is 6.07 Å². The smallest absolute Gasteiger partial charge is 0.340 e. The van der Waals surface area contributed by atoms with Gasteiger partial charge in [0, 0.05) is 17.8 Å². The minimum atomic E-state index is -0.677. The molecular formula is C13H8NO3. The molecule has 0 N–H and O–H groups in total. The number of hydrogen-bond acceptors (Lipinski definition) is 3. The van der Waals surface area contributed by atoms with Gasteiger partial charge in [0.05, 0.1) is 5.56 Å². The Morgan fingerprint density at radius 3 is 2.82 bits per heavy atom. The molecule has 1 radical (unpaired) electrons. The topological polar surface area (TPSA) is 48.3 Å². The Balaban J connectivity index is 2.17. The predicted molar refractivity (Wildman–Crippen MR) is 59.5 cm³/mol. The number of rotatable bonds is 1. The monoisotopic (exact) mass is 226 g/mol. The molecule has 2 aromatic rings. The van der Waals surface area contributed by atoms with Gasteiger partial charge < -0.3 is 4.74 Å². The summed E-state index contributed by atoms with van der Waals surface area (Å²) in [6, 6.07) is 12.8. The van der Waals surface area contributed by atoms with Gasteiger partial charge in [-0.3, -0.25) is 9.36 Å². The summed E-state index contributed by atoms with van der Waals surface area (Å²) in [5.74, 6) is -0.402. The van der Waals surface area contributed by atoms with Crippen LogP contribution in [0.1, 0.15) is 22.1 Å². The molecule has 0 bridgehead atoms. The van der Waals surface area contributed by atoms with Crippen molar-refractivity contribution in [1.82, 2.24) is 4.57 Å². The van der Waals surface area contributed by atoms with E-state index in [1.165, 1.54) is 22.9 Å². The summed E-state index contributed by atoms with van der Waals surface area (Å²) in [7, 11) is 0. The zero-order valence-electron chi connectivity index (χ0n) is 8.79. The molecule has 0 saturated carbocycles. The van der Waals surface area contributed by atoms with Gasteiger partial charge in [0.1, 0.15) is 0 Å². The molecule has 4 heteroatoms. The fraction of sp³-hybridized carbons (Fsp3) is 0.0769. The maximum atomic E-state index is 11.7. The molecule has 1 aromatic heterocycles. The fourth-order valence-corrected chi connectivity index (χ4v) is 1.91. The van der Waals surface area contributed by atoms with Crippen LogP contribution in [0.2, 0.25) is 0 Å². The Hall–Kier alpha value is -2.36. The molecule has 1 aromatic carbocycles. The molecule has 4 nitrogen and oxygen atoms in total. The first-order chi connectivity index (χ1) is 8.27. The van der Waals surface area contributed by atoms with Crippen LogP contribution in [0, 0.1) is 6.07 Å². The van der Waals surface area contributed by atoms with Crippen LogP contribution in [0.4, 0.5) is 0 Å². The number of cyclic esters (lactones) is 1. The normalized spacial score (nSPS) is 17.6. The summed E-state index contributed by atoms with van der Waals surface area (Å²) in [5, 5.41) is 0. The molecule has 1 atom stereocenters. The van der Waals surface area contributed by atoms with E-state index >= 15 is 0 Å². The fourth-order valence-electron chi connectivity index (χ4n) is 1.91. The van der Waals surface area contributed by atoms with Gasteiger partial charge in [-0.15, -0.1) is 0 Å². The third kappa shape index (κ3) is 1.45. The Morgan fingerprint density at radius 2 is 2.00 bits per heavy atom. The third-order valence-electron chi connectivity index (χ3n) is 2.71. The zero-order valence-corrected chi connectivity index (χ0v) is 8.79. The van der Waals surface area contributed by atoms with Crippen LogP contribution in [0.5, 0.6) is 0 Å². The van der Waals surface area contributed by atoms with Gasteiger partial charge in [-0.25, -0.2) is 4.79 Å². The van der Waals surface area contributed by atoms with Crippen LogP contribution in [0.25, 0.3) is 0 Å². The lowest BCUT2D eigenvalue weighted by molar-refractivity contribution is 0.0313. The van der Waals surface area contributed by atoms with E-state index in [0.717, 1.165) is 0 Å². The Bertz CT molecular complexity index is 645. The van der Waals surface area contributed by atoms with Crippen LogP contribution in [0.15, 0.2) is 47.4 Å². The quantitative estimate of drug-likeness (QED) is 0.690. The maximum Gasteiger partial charge on any atom is 0.340 e. The number of benzene rings is 1. The van der Waals surface area contributed by atoms with Crippen molar-refractivity contribution in [2.24, 2.45) is 0 Å². The van der Waals surface area contributed by atoms with E-state index < -0.39 is 12.2 Å². The van der Waals surface area contributed by atoms with Crippen LogP contribution >= 0.6 is 0 Å². The van der Waals surface area contributed by atoms with Crippen LogP contribution in [0.3, 0.4) is 0 Å². The lowest BCUT2D eigenvalue weighted by Crippen LogP contribution is -2.24. The molecule has 0 spiro atoms. The first kappa shape index (κ1) is 9.84. The second kappa shape index (κ2) is 3.59. The van der Waals surface area contributed by atoms with Crippen molar-refractivity contribution in [1.29, 1.82) is 0 Å². The van der Waals surface area contributed by atoms with Gasteiger partial charge >= 0.3 is 5.97 Å². The Labute approximate surface area is 97.1 Å². The summed E-state index contributed by atoms with van der Waals surface area (Å²) in [6.45, 7) is 0. The molecule has 0 fully saturated rings. The molecule has 1 unspecified atom stereocenters. The number of pyridine rings is 1. The number of aromatic nitrogens is 1. The zero-order chi connectivity index (χ0) is 11.8. The van der Waals surface area contributed by atoms with Gasteiger partial charge in [-0.2, -0.15) is 0 Å². The molecule has 0 saturated heterocycles. The van der Waals surface area contributed by atoms with E-state index in [9.17, 15) is 9.59 Å². The summed E-state index contributed by atoms with van der Waals surface area (Å²) in [4.78, 5) is 23.3. The number of hydrogen-bond donors (Lipinski definition) is 0. The second-order valence-corrected chi connectivity index (χ2v) is 3.72.